The number of carbonyl (C=O) groups is 1. The van der Waals surface area contributed by atoms with E-state index in [-0.39, 0.29) is 19.0 Å². The highest BCUT2D eigenvalue weighted by molar-refractivity contribution is 5.36. The Labute approximate surface area is 67.6 Å². The highest BCUT2D eigenvalue weighted by Gasteiger charge is 2.10. The van der Waals surface area contributed by atoms with Gasteiger partial charge in [0.2, 0.25) is 0 Å². The minimum absolute atomic E-state index is 0. The summed E-state index contributed by atoms with van der Waals surface area (Å²) in [6, 6.07) is 0. The molecular weight excluding hydrogens is 154 g/mol. The van der Waals surface area contributed by atoms with Crippen molar-refractivity contribution in [3.8, 4) is 0 Å². The van der Waals surface area contributed by atoms with E-state index < -0.39 is 0 Å². The fourth-order valence-corrected chi connectivity index (χ4v) is 0.531. The van der Waals surface area contributed by atoms with Crippen LogP contribution < -0.4 is 12.4 Å². The fourth-order valence-electron chi connectivity index (χ4n) is 0.531. The molecule has 4 heteroatoms. The van der Waals surface area contributed by atoms with Crippen molar-refractivity contribution in [2.45, 2.75) is 6.42 Å². The smallest absolute Gasteiger partial charge is 0.301 e. The Morgan fingerprint density at radius 1 is 1.50 bits per heavy atom. The first kappa shape index (κ1) is 12.5. The summed E-state index contributed by atoms with van der Waals surface area (Å²) in [5.74, 6) is 0. The standard InChI is InChI=1S/C6H14NO2.ClH/c1-7(2,6-9)4-3-5-8;/h6,8H,3-5H2,1-2H3;1H/q+1;/p-1. The lowest BCUT2D eigenvalue weighted by molar-refractivity contribution is -0.804. The maximum Gasteiger partial charge on any atom is 0.301 e. The van der Waals surface area contributed by atoms with Gasteiger partial charge in [-0.2, -0.15) is 0 Å². The van der Waals surface area contributed by atoms with Gasteiger partial charge in [-0.05, 0) is 0 Å². The molecule has 0 saturated heterocycles. The molecule has 0 rings (SSSR count). The number of amides is 1. The second-order valence-electron chi connectivity index (χ2n) is 2.68. The van der Waals surface area contributed by atoms with E-state index in [1.54, 1.807) is 0 Å². The Bertz CT molecular complexity index is 95.7. The predicted octanol–water partition coefficient (Wildman–Crippen LogP) is -3.39. The van der Waals surface area contributed by atoms with Gasteiger partial charge in [0.25, 0.3) is 0 Å². The largest absolute Gasteiger partial charge is 1.00 e. The second kappa shape index (κ2) is 5.65. The molecule has 3 nitrogen and oxygen atoms in total. The van der Waals surface area contributed by atoms with Crippen molar-refractivity contribution in [2.24, 2.45) is 0 Å². The van der Waals surface area contributed by atoms with Gasteiger partial charge in [-0.25, -0.2) is 4.79 Å². The molecular formula is C6H14ClNO2. The van der Waals surface area contributed by atoms with Gasteiger partial charge in [0.1, 0.15) is 0 Å². The van der Waals surface area contributed by atoms with Crippen molar-refractivity contribution >= 4 is 6.41 Å². The fraction of sp³-hybridized carbons (Fsp3) is 0.833. The summed E-state index contributed by atoms with van der Waals surface area (Å²) in [6.07, 6.45) is 1.56. The van der Waals surface area contributed by atoms with Gasteiger partial charge in [-0.1, -0.05) is 0 Å². The monoisotopic (exact) mass is 167 g/mol. The first-order chi connectivity index (χ1) is 4.12. The van der Waals surface area contributed by atoms with Crippen molar-refractivity contribution in [1.82, 2.24) is 0 Å². The van der Waals surface area contributed by atoms with Crippen molar-refractivity contribution in [2.75, 3.05) is 27.2 Å². The van der Waals surface area contributed by atoms with E-state index in [0.717, 1.165) is 6.41 Å². The summed E-state index contributed by atoms with van der Waals surface area (Å²) < 4.78 is 0.334. The van der Waals surface area contributed by atoms with Crippen LogP contribution in [0.3, 0.4) is 0 Å². The van der Waals surface area contributed by atoms with Crippen LogP contribution in [0.4, 0.5) is 0 Å². The Kier molecular flexibility index (Phi) is 7.09. The molecule has 10 heavy (non-hydrogen) atoms. The van der Waals surface area contributed by atoms with Gasteiger partial charge in [-0.15, -0.1) is 0 Å². The summed E-state index contributed by atoms with van der Waals surface area (Å²) in [4.78, 5) is 10.2. The van der Waals surface area contributed by atoms with Crippen LogP contribution in [0.5, 0.6) is 0 Å². The minimum Gasteiger partial charge on any atom is -1.00 e. The Morgan fingerprint density at radius 2 is 2.00 bits per heavy atom. The van der Waals surface area contributed by atoms with Crippen LogP contribution >= 0.6 is 0 Å². The lowest BCUT2D eigenvalue weighted by Crippen LogP contribution is -3.00. The molecule has 62 valence electrons. The van der Waals surface area contributed by atoms with E-state index in [9.17, 15) is 4.79 Å². The summed E-state index contributed by atoms with van der Waals surface area (Å²) in [5, 5.41) is 8.40. The first-order valence-electron chi connectivity index (χ1n) is 3.02. The Hall–Kier alpha value is -0.120. The van der Waals surface area contributed by atoms with Crippen molar-refractivity contribution in [3.05, 3.63) is 0 Å². The number of hydrogen-bond acceptors (Lipinski definition) is 2. The van der Waals surface area contributed by atoms with Crippen LogP contribution in [-0.2, 0) is 4.79 Å². The molecule has 0 bridgehead atoms. The molecule has 0 heterocycles. The highest BCUT2D eigenvalue weighted by Crippen LogP contribution is 1.92. The number of halogens is 1. The van der Waals surface area contributed by atoms with Gasteiger partial charge in [0.05, 0.1) is 20.6 Å². The number of aliphatic hydroxyl groups is 1. The SMILES string of the molecule is C[N+](C)(C=O)CCCO.[Cl-]. The average molecular weight is 168 g/mol. The molecule has 1 N–H and O–H groups in total. The molecule has 0 aromatic heterocycles. The molecule has 1 amide bonds. The zero-order valence-electron chi connectivity index (χ0n) is 6.38. The molecule has 0 radical (unpaired) electrons. The van der Waals surface area contributed by atoms with Crippen LogP contribution in [0, 0.1) is 0 Å². The van der Waals surface area contributed by atoms with Crippen LogP contribution in [-0.4, -0.2) is 43.2 Å². The van der Waals surface area contributed by atoms with Gasteiger partial charge >= 0.3 is 6.41 Å². The van der Waals surface area contributed by atoms with Crippen molar-refractivity contribution in [3.63, 3.8) is 0 Å². The topological polar surface area (TPSA) is 37.3 Å². The van der Waals surface area contributed by atoms with Crippen LogP contribution in [0.15, 0.2) is 0 Å². The van der Waals surface area contributed by atoms with Crippen molar-refractivity contribution in [1.29, 1.82) is 0 Å². The first-order valence-corrected chi connectivity index (χ1v) is 3.02. The molecule has 0 aromatic carbocycles. The molecule has 0 aliphatic heterocycles. The maximum atomic E-state index is 10.2. The number of rotatable bonds is 4. The van der Waals surface area contributed by atoms with E-state index in [0.29, 0.717) is 17.4 Å². The van der Waals surface area contributed by atoms with Crippen LogP contribution in [0.2, 0.25) is 0 Å². The lowest BCUT2D eigenvalue weighted by atomic mass is 10.4. The van der Waals surface area contributed by atoms with E-state index in [1.165, 1.54) is 0 Å². The van der Waals surface area contributed by atoms with Gasteiger partial charge in [0.15, 0.2) is 0 Å². The normalized spacial score (nSPS) is 10.3. The molecule has 0 aromatic rings. The van der Waals surface area contributed by atoms with E-state index in [1.807, 2.05) is 14.1 Å². The zero-order chi connectivity index (χ0) is 7.33. The predicted molar refractivity (Wildman–Crippen MR) is 34.7 cm³/mol. The molecule has 0 aliphatic carbocycles. The van der Waals surface area contributed by atoms with E-state index in [2.05, 4.69) is 0 Å². The molecule has 0 atom stereocenters. The molecule has 0 aliphatic rings. The number of aliphatic hydroxyl groups excluding tert-OH is 1. The number of carbonyl (C=O) groups excluding carboxylic acids is 1. The molecule has 0 saturated carbocycles. The summed E-state index contributed by atoms with van der Waals surface area (Å²) >= 11 is 0. The number of nitrogens with zero attached hydrogens (tertiary/aromatic N) is 1. The second-order valence-corrected chi connectivity index (χ2v) is 2.68. The molecule has 0 unspecified atom stereocenters. The maximum absolute atomic E-state index is 10.2. The molecule has 0 fully saturated rings. The Morgan fingerprint density at radius 3 is 2.30 bits per heavy atom. The quantitative estimate of drug-likeness (QED) is 0.350. The third-order valence-corrected chi connectivity index (χ3v) is 1.18. The lowest BCUT2D eigenvalue weighted by Gasteiger charge is -2.19. The summed E-state index contributed by atoms with van der Waals surface area (Å²) in [7, 11) is 3.62. The summed E-state index contributed by atoms with van der Waals surface area (Å²) in [5.41, 5.74) is 0. The van der Waals surface area contributed by atoms with Gasteiger partial charge in [-0.3, -0.25) is 4.48 Å². The highest BCUT2D eigenvalue weighted by atomic mass is 35.5. The third-order valence-electron chi connectivity index (χ3n) is 1.18. The number of quaternary nitrogens is 1. The summed E-state index contributed by atoms with van der Waals surface area (Å²) in [6.45, 7) is 0.871. The van der Waals surface area contributed by atoms with Gasteiger partial charge < -0.3 is 17.5 Å². The van der Waals surface area contributed by atoms with E-state index in [4.69, 9.17) is 5.11 Å². The van der Waals surface area contributed by atoms with Crippen LogP contribution in [0.25, 0.3) is 0 Å². The Balaban J connectivity index is 0. The van der Waals surface area contributed by atoms with Gasteiger partial charge in [0, 0.05) is 13.0 Å². The van der Waals surface area contributed by atoms with Crippen LogP contribution in [0.1, 0.15) is 6.42 Å². The average Bonchev–Trinajstić information content (AvgIpc) is 1.84. The third kappa shape index (κ3) is 6.01. The van der Waals surface area contributed by atoms with Crippen molar-refractivity contribution < 1.29 is 26.8 Å². The van der Waals surface area contributed by atoms with E-state index >= 15 is 0 Å². The minimum atomic E-state index is 0. The number of hydrogen-bond donors (Lipinski definition) is 1. The molecule has 0 spiro atoms. The zero-order valence-corrected chi connectivity index (χ0v) is 7.14.